The molecule has 1 aromatic carbocycles. The monoisotopic (exact) mass is 435 g/mol. The fraction of sp³-hybridized carbons (Fsp3) is 0.389. The molecule has 2 rings (SSSR count). The lowest BCUT2D eigenvalue weighted by Crippen LogP contribution is -2.37. The van der Waals surface area contributed by atoms with Crippen molar-refractivity contribution in [2.75, 3.05) is 12.9 Å². The summed E-state index contributed by atoms with van der Waals surface area (Å²) in [7, 11) is -4.04. The lowest BCUT2D eigenvalue weighted by atomic mass is 10.0. The molecule has 0 aliphatic heterocycles. The Morgan fingerprint density at radius 3 is 2.31 bits per heavy atom. The van der Waals surface area contributed by atoms with Crippen LogP contribution in [0.15, 0.2) is 42.6 Å². The first-order valence-electron chi connectivity index (χ1n) is 8.54. The molecule has 160 valence electrons. The summed E-state index contributed by atoms with van der Waals surface area (Å²) in [4.78, 5) is 3.77. The van der Waals surface area contributed by atoms with Crippen molar-refractivity contribution in [2.45, 2.75) is 31.7 Å². The molecule has 1 aromatic heterocycles. The number of sulfonamides is 1. The molecule has 29 heavy (non-hydrogen) atoms. The van der Waals surface area contributed by atoms with Crippen molar-refractivity contribution < 1.29 is 30.7 Å². The highest BCUT2D eigenvalue weighted by Gasteiger charge is 2.42. The molecule has 0 saturated carbocycles. The normalized spacial score (nSPS) is 14.4. The standard InChI is InChI=1S/C18H21F4N3O3S/c1-12(11-28-16-8-7-15(19)10-24-16)23-9-13-3-5-14(6-4-13)17(18(20,21)22)25-29(2,26)27/h3-8,10,12,17,23,25H,9,11H2,1-2H3/t12-,17-/m0/s1. The molecule has 0 fully saturated rings. The van der Waals surface area contributed by atoms with Gasteiger partial charge in [-0.3, -0.25) is 0 Å². The van der Waals surface area contributed by atoms with Crippen LogP contribution in [-0.2, 0) is 16.6 Å². The minimum absolute atomic E-state index is 0.114. The Balaban J connectivity index is 1.91. The summed E-state index contributed by atoms with van der Waals surface area (Å²) in [6.07, 6.45) is -3.04. The fourth-order valence-electron chi connectivity index (χ4n) is 2.37. The highest BCUT2D eigenvalue weighted by atomic mass is 32.2. The zero-order chi connectivity index (χ0) is 21.7. The zero-order valence-corrected chi connectivity index (χ0v) is 16.5. The van der Waals surface area contributed by atoms with Gasteiger partial charge < -0.3 is 10.1 Å². The average Bonchev–Trinajstić information content (AvgIpc) is 2.63. The van der Waals surface area contributed by atoms with Gasteiger partial charge in [0.1, 0.15) is 18.5 Å². The van der Waals surface area contributed by atoms with Gasteiger partial charge in [-0.1, -0.05) is 24.3 Å². The number of nitrogens with zero attached hydrogens (tertiary/aromatic N) is 1. The minimum Gasteiger partial charge on any atom is -0.476 e. The van der Waals surface area contributed by atoms with Crippen LogP contribution in [-0.4, -0.2) is 38.5 Å². The van der Waals surface area contributed by atoms with E-state index in [9.17, 15) is 26.0 Å². The predicted octanol–water partition coefficient (Wildman–Crippen LogP) is 2.93. The van der Waals surface area contributed by atoms with Gasteiger partial charge in [-0.2, -0.15) is 17.9 Å². The van der Waals surface area contributed by atoms with Crippen molar-refractivity contribution in [3.63, 3.8) is 0 Å². The molecular weight excluding hydrogens is 414 g/mol. The number of halogens is 4. The Hall–Kier alpha value is -2.24. The third-order valence-electron chi connectivity index (χ3n) is 3.81. The highest BCUT2D eigenvalue weighted by molar-refractivity contribution is 7.88. The summed E-state index contributed by atoms with van der Waals surface area (Å²) >= 11 is 0. The van der Waals surface area contributed by atoms with Crippen molar-refractivity contribution >= 4 is 10.0 Å². The van der Waals surface area contributed by atoms with Crippen molar-refractivity contribution in [1.29, 1.82) is 0 Å². The summed E-state index contributed by atoms with van der Waals surface area (Å²) < 4.78 is 81.7. The molecule has 0 aliphatic carbocycles. The van der Waals surface area contributed by atoms with Crippen LogP contribution in [0.5, 0.6) is 5.88 Å². The summed E-state index contributed by atoms with van der Waals surface area (Å²) in [6, 6.07) is 5.65. The van der Waals surface area contributed by atoms with Crippen LogP contribution in [0.1, 0.15) is 24.1 Å². The van der Waals surface area contributed by atoms with Crippen LogP contribution < -0.4 is 14.8 Å². The number of nitrogens with one attached hydrogen (secondary N) is 2. The predicted molar refractivity (Wildman–Crippen MR) is 99.2 cm³/mol. The average molecular weight is 435 g/mol. The van der Waals surface area contributed by atoms with E-state index in [0.29, 0.717) is 18.4 Å². The van der Waals surface area contributed by atoms with E-state index in [0.717, 1.165) is 6.20 Å². The number of aromatic nitrogens is 1. The number of ether oxygens (including phenoxy) is 1. The Kier molecular flexibility index (Phi) is 7.55. The number of hydrogen-bond acceptors (Lipinski definition) is 5. The number of pyridine rings is 1. The van der Waals surface area contributed by atoms with Gasteiger partial charge in [-0.05, 0) is 24.1 Å². The Labute approximate surface area is 166 Å². The molecular formula is C18H21F4N3O3S. The van der Waals surface area contributed by atoms with E-state index in [4.69, 9.17) is 4.74 Å². The lowest BCUT2D eigenvalue weighted by molar-refractivity contribution is -0.153. The molecule has 0 spiro atoms. The van der Waals surface area contributed by atoms with Gasteiger partial charge in [0, 0.05) is 18.7 Å². The maximum atomic E-state index is 13.2. The van der Waals surface area contributed by atoms with Gasteiger partial charge in [0.15, 0.2) is 0 Å². The molecule has 2 aromatic rings. The molecule has 1 heterocycles. The third kappa shape index (κ3) is 7.95. The maximum absolute atomic E-state index is 13.2. The lowest BCUT2D eigenvalue weighted by Gasteiger charge is -2.21. The number of rotatable bonds is 9. The molecule has 0 amide bonds. The molecule has 0 aliphatic rings. The minimum atomic E-state index is -4.76. The van der Waals surface area contributed by atoms with Crippen LogP contribution in [0.3, 0.4) is 0 Å². The second kappa shape index (κ2) is 9.51. The van der Waals surface area contributed by atoms with Crippen LogP contribution in [0, 0.1) is 5.82 Å². The summed E-state index contributed by atoms with van der Waals surface area (Å²) in [5.41, 5.74) is 0.506. The largest absolute Gasteiger partial charge is 0.476 e. The van der Waals surface area contributed by atoms with Gasteiger partial charge in [0.25, 0.3) is 0 Å². The molecule has 0 saturated heterocycles. The maximum Gasteiger partial charge on any atom is 0.408 e. The Morgan fingerprint density at radius 1 is 1.14 bits per heavy atom. The SMILES string of the molecule is C[C@@H](COc1ccc(F)cn1)NCc1ccc([C@H](NS(C)(=O)=O)C(F)(F)F)cc1. The van der Waals surface area contributed by atoms with Gasteiger partial charge >= 0.3 is 6.18 Å². The van der Waals surface area contributed by atoms with Crippen molar-refractivity contribution in [3.05, 3.63) is 59.5 Å². The fourth-order valence-corrected chi connectivity index (χ4v) is 3.07. The number of benzene rings is 1. The van der Waals surface area contributed by atoms with Gasteiger partial charge in [-0.15, -0.1) is 0 Å². The molecule has 0 radical (unpaired) electrons. The molecule has 6 nitrogen and oxygen atoms in total. The van der Waals surface area contributed by atoms with Crippen LogP contribution >= 0.6 is 0 Å². The summed E-state index contributed by atoms with van der Waals surface area (Å²) in [5.74, 6) is -0.188. The first-order valence-corrected chi connectivity index (χ1v) is 10.4. The second-order valence-corrected chi connectivity index (χ2v) is 8.29. The Morgan fingerprint density at radius 2 is 1.79 bits per heavy atom. The molecule has 0 unspecified atom stereocenters. The highest BCUT2D eigenvalue weighted by Crippen LogP contribution is 2.33. The van der Waals surface area contributed by atoms with Crippen LogP contribution in [0.2, 0.25) is 0 Å². The van der Waals surface area contributed by atoms with E-state index < -0.39 is 28.1 Å². The number of alkyl halides is 3. The van der Waals surface area contributed by atoms with Crippen molar-refractivity contribution in [2.24, 2.45) is 0 Å². The molecule has 2 N–H and O–H groups in total. The third-order valence-corrected chi connectivity index (χ3v) is 4.47. The second-order valence-electron chi connectivity index (χ2n) is 6.51. The quantitative estimate of drug-likeness (QED) is 0.592. The van der Waals surface area contributed by atoms with E-state index in [1.807, 2.05) is 6.92 Å². The van der Waals surface area contributed by atoms with Crippen molar-refractivity contribution in [3.8, 4) is 5.88 Å². The van der Waals surface area contributed by atoms with Crippen LogP contribution in [0.4, 0.5) is 17.6 Å². The summed E-state index contributed by atoms with van der Waals surface area (Å²) in [6.45, 7) is 2.45. The molecule has 2 atom stereocenters. The van der Waals surface area contributed by atoms with Gasteiger partial charge in [0.05, 0.1) is 12.5 Å². The molecule has 11 heteroatoms. The van der Waals surface area contributed by atoms with E-state index in [1.165, 1.54) is 36.4 Å². The van der Waals surface area contributed by atoms with Crippen LogP contribution in [0.25, 0.3) is 0 Å². The van der Waals surface area contributed by atoms with Gasteiger partial charge in [-0.25, -0.2) is 17.8 Å². The Bertz CT molecular complexity index is 888. The van der Waals surface area contributed by atoms with Gasteiger partial charge in [0.2, 0.25) is 15.9 Å². The van der Waals surface area contributed by atoms with Crippen molar-refractivity contribution in [1.82, 2.24) is 15.0 Å². The van der Waals surface area contributed by atoms with E-state index in [-0.39, 0.29) is 24.1 Å². The zero-order valence-electron chi connectivity index (χ0n) is 15.7. The molecule has 0 bridgehead atoms. The van der Waals surface area contributed by atoms with E-state index in [2.05, 4.69) is 10.3 Å². The topological polar surface area (TPSA) is 80.3 Å². The first-order chi connectivity index (χ1) is 13.4. The van der Waals surface area contributed by atoms with E-state index >= 15 is 0 Å². The first kappa shape index (κ1) is 23.0. The summed E-state index contributed by atoms with van der Waals surface area (Å²) in [5, 5.41) is 3.14. The number of hydrogen-bond donors (Lipinski definition) is 2. The smallest absolute Gasteiger partial charge is 0.408 e. The van der Waals surface area contributed by atoms with E-state index in [1.54, 1.807) is 4.72 Å².